The summed E-state index contributed by atoms with van der Waals surface area (Å²) in [7, 11) is 0. The zero-order valence-corrected chi connectivity index (χ0v) is 9.38. The summed E-state index contributed by atoms with van der Waals surface area (Å²) >= 11 is 5.82. The number of hydrogen-bond acceptors (Lipinski definition) is 3. The van der Waals surface area contributed by atoms with Crippen molar-refractivity contribution in [1.29, 1.82) is 0 Å². The third-order valence-corrected chi connectivity index (χ3v) is 2.10. The third-order valence-electron chi connectivity index (χ3n) is 1.88. The van der Waals surface area contributed by atoms with Crippen LogP contribution in [0.2, 0.25) is 0 Å². The fourth-order valence-electron chi connectivity index (χ4n) is 1.09. The van der Waals surface area contributed by atoms with Gasteiger partial charge in [-0.1, -0.05) is 0 Å². The standard InChI is InChI=1S/C10H16ClN3/c1-8(11)4-3-7-12-10-6-5-9(2)13-14-10/h5-6,8H,3-4,7H2,1-2H3,(H,12,14). The van der Waals surface area contributed by atoms with Gasteiger partial charge in [0.15, 0.2) is 0 Å². The van der Waals surface area contributed by atoms with E-state index >= 15 is 0 Å². The zero-order valence-electron chi connectivity index (χ0n) is 8.63. The highest BCUT2D eigenvalue weighted by molar-refractivity contribution is 6.20. The summed E-state index contributed by atoms with van der Waals surface area (Å²) in [5.74, 6) is 0.831. The second kappa shape index (κ2) is 5.81. The van der Waals surface area contributed by atoms with Crippen molar-refractivity contribution >= 4 is 17.4 Å². The first-order valence-electron chi connectivity index (χ1n) is 4.87. The van der Waals surface area contributed by atoms with E-state index in [4.69, 9.17) is 11.6 Å². The van der Waals surface area contributed by atoms with E-state index in [0.29, 0.717) is 0 Å². The Balaban J connectivity index is 2.21. The Labute approximate surface area is 89.9 Å². The highest BCUT2D eigenvalue weighted by Crippen LogP contribution is 2.05. The second-order valence-electron chi connectivity index (χ2n) is 3.41. The van der Waals surface area contributed by atoms with E-state index in [9.17, 15) is 0 Å². The van der Waals surface area contributed by atoms with Gasteiger partial charge in [-0.05, 0) is 38.8 Å². The number of halogens is 1. The topological polar surface area (TPSA) is 37.8 Å². The molecule has 0 aliphatic heterocycles. The van der Waals surface area contributed by atoms with E-state index in [2.05, 4.69) is 15.5 Å². The van der Waals surface area contributed by atoms with Crippen molar-refractivity contribution in [2.45, 2.75) is 32.1 Å². The van der Waals surface area contributed by atoms with Crippen LogP contribution in [0.1, 0.15) is 25.5 Å². The van der Waals surface area contributed by atoms with Gasteiger partial charge in [0, 0.05) is 11.9 Å². The summed E-state index contributed by atoms with van der Waals surface area (Å²) in [6.07, 6.45) is 2.08. The molecule has 1 heterocycles. The molecule has 0 bridgehead atoms. The summed E-state index contributed by atoms with van der Waals surface area (Å²) in [6, 6.07) is 3.88. The molecule has 78 valence electrons. The van der Waals surface area contributed by atoms with Crippen LogP contribution in [-0.2, 0) is 0 Å². The van der Waals surface area contributed by atoms with Crippen LogP contribution in [0.3, 0.4) is 0 Å². The van der Waals surface area contributed by atoms with Gasteiger partial charge in [0.25, 0.3) is 0 Å². The Bertz CT molecular complexity index is 259. The molecular weight excluding hydrogens is 198 g/mol. The van der Waals surface area contributed by atoms with Gasteiger partial charge in [0.05, 0.1) is 5.69 Å². The van der Waals surface area contributed by atoms with E-state index in [1.807, 2.05) is 26.0 Å². The molecule has 1 aromatic heterocycles. The van der Waals surface area contributed by atoms with Gasteiger partial charge in [-0.25, -0.2) is 0 Å². The Kier molecular flexibility index (Phi) is 4.66. The molecule has 1 aromatic rings. The summed E-state index contributed by atoms with van der Waals surface area (Å²) in [4.78, 5) is 0. The highest BCUT2D eigenvalue weighted by Gasteiger charge is 1.97. The minimum absolute atomic E-state index is 0.251. The minimum Gasteiger partial charge on any atom is -0.369 e. The Morgan fingerprint density at radius 2 is 2.21 bits per heavy atom. The number of aromatic nitrogens is 2. The molecule has 1 atom stereocenters. The summed E-state index contributed by atoms with van der Waals surface area (Å²) in [5, 5.41) is 11.4. The largest absolute Gasteiger partial charge is 0.369 e. The number of nitrogens with one attached hydrogen (secondary N) is 1. The number of anilines is 1. The molecule has 0 aliphatic carbocycles. The maximum atomic E-state index is 5.82. The monoisotopic (exact) mass is 213 g/mol. The number of rotatable bonds is 5. The number of nitrogens with zero attached hydrogens (tertiary/aromatic N) is 2. The molecule has 0 saturated heterocycles. The van der Waals surface area contributed by atoms with Gasteiger partial charge in [0.2, 0.25) is 0 Å². The predicted molar refractivity (Wildman–Crippen MR) is 59.8 cm³/mol. The van der Waals surface area contributed by atoms with Crippen molar-refractivity contribution in [3.8, 4) is 0 Å². The lowest BCUT2D eigenvalue weighted by Crippen LogP contribution is -2.06. The van der Waals surface area contributed by atoms with Gasteiger partial charge < -0.3 is 5.32 Å². The second-order valence-corrected chi connectivity index (χ2v) is 4.15. The highest BCUT2D eigenvalue weighted by atomic mass is 35.5. The molecule has 1 N–H and O–H groups in total. The van der Waals surface area contributed by atoms with E-state index in [-0.39, 0.29) is 5.38 Å². The molecule has 1 unspecified atom stereocenters. The SMILES string of the molecule is Cc1ccc(NCCCC(C)Cl)nn1. The van der Waals surface area contributed by atoms with Crippen LogP contribution in [0.5, 0.6) is 0 Å². The van der Waals surface area contributed by atoms with Crippen LogP contribution in [0.4, 0.5) is 5.82 Å². The van der Waals surface area contributed by atoms with Gasteiger partial charge in [-0.3, -0.25) is 0 Å². The molecule has 1 rings (SSSR count). The Morgan fingerprint density at radius 3 is 2.79 bits per heavy atom. The van der Waals surface area contributed by atoms with Crippen LogP contribution >= 0.6 is 11.6 Å². The first-order chi connectivity index (χ1) is 6.68. The normalized spacial score (nSPS) is 12.5. The van der Waals surface area contributed by atoms with Crippen LogP contribution in [0.15, 0.2) is 12.1 Å². The van der Waals surface area contributed by atoms with Gasteiger partial charge in [-0.15, -0.1) is 16.7 Å². The van der Waals surface area contributed by atoms with Crippen molar-refractivity contribution in [2.75, 3.05) is 11.9 Å². The number of aryl methyl sites for hydroxylation is 1. The van der Waals surface area contributed by atoms with Crippen molar-refractivity contribution in [3.63, 3.8) is 0 Å². The van der Waals surface area contributed by atoms with Gasteiger partial charge in [-0.2, -0.15) is 5.10 Å². The van der Waals surface area contributed by atoms with Gasteiger partial charge in [0.1, 0.15) is 5.82 Å². The molecule has 4 heteroatoms. The maximum Gasteiger partial charge on any atom is 0.148 e. The van der Waals surface area contributed by atoms with Crippen LogP contribution in [-0.4, -0.2) is 22.1 Å². The quantitative estimate of drug-likeness (QED) is 0.604. The molecule has 0 aromatic carbocycles. The van der Waals surface area contributed by atoms with Crippen LogP contribution < -0.4 is 5.32 Å². The van der Waals surface area contributed by atoms with E-state index < -0.39 is 0 Å². The van der Waals surface area contributed by atoms with Crippen LogP contribution in [0, 0.1) is 6.92 Å². The fourth-order valence-corrected chi connectivity index (χ4v) is 1.25. The smallest absolute Gasteiger partial charge is 0.148 e. The Morgan fingerprint density at radius 1 is 1.43 bits per heavy atom. The molecule has 0 spiro atoms. The van der Waals surface area contributed by atoms with Crippen molar-refractivity contribution in [2.24, 2.45) is 0 Å². The van der Waals surface area contributed by atoms with E-state index in [0.717, 1.165) is 30.9 Å². The van der Waals surface area contributed by atoms with Gasteiger partial charge >= 0.3 is 0 Å². The fraction of sp³-hybridized carbons (Fsp3) is 0.600. The summed E-state index contributed by atoms with van der Waals surface area (Å²) in [6.45, 7) is 4.83. The maximum absolute atomic E-state index is 5.82. The first-order valence-corrected chi connectivity index (χ1v) is 5.30. The number of alkyl halides is 1. The molecule has 0 saturated carbocycles. The molecule has 0 fully saturated rings. The average Bonchev–Trinajstić information content (AvgIpc) is 2.15. The van der Waals surface area contributed by atoms with Crippen molar-refractivity contribution < 1.29 is 0 Å². The molecule has 3 nitrogen and oxygen atoms in total. The molecular formula is C10H16ClN3. The van der Waals surface area contributed by atoms with E-state index in [1.54, 1.807) is 0 Å². The lowest BCUT2D eigenvalue weighted by molar-refractivity contribution is 0.747. The van der Waals surface area contributed by atoms with Crippen molar-refractivity contribution in [3.05, 3.63) is 17.8 Å². The first kappa shape index (κ1) is 11.2. The molecule has 0 aliphatic rings. The molecule has 0 amide bonds. The molecule has 14 heavy (non-hydrogen) atoms. The van der Waals surface area contributed by atoms with Crippen LogP contribution in [0.25, 0.3) is 0 Å². The van der Waals surface area contributed by atoms with E-state index in [1.165, 1.54) is 0 Å². The lowest BCUT2D eigenvalue weighted by atomic mass is 10.2. The Hall–Kier alpha value is -0.830. The number of hydrogen-bond donors (Lipinski definition) is 1. The minimum atomic E-state index is 0.251. The summed E-state index contributed by atoms with van der Waals surface area (Å²) < 4.78 is 0. The average molecular weight is 214 g/mol. The van der Waals surface area contributed by atoms with Crippen molar-refractivity contribution in [1.82, 2.24) is 10.2 Å². The third kappa shape index (κ3) is 4.42. The lowest BCUT2D eigenvalue weighted by Gasteiger charge is -2.05. The molecule has 0 radical (unpaired) electrons. The predicted octanol–water partition coefficient (Wildman–Crippen LogP) is 2.60. The zero-order chi connectivity index (χ0) is 10.4. The summed E-state index contributed by atoms with van der Waals surface area (Å²) in [5.41, 5.74) is 0.935.